The van der Waals surface area contributed by atoms with Crippen LogP contribution in [0.4, 0.5) is 11.4 Å². The maximum absolute atomic E-state index is 6.79. The van der Waals surface area contributed by atoms with E-state index in [-0.39, 0.29) is 20.1 Å². The number of aryl methyl sites for hydroxylation is 2. The average molecular weight is 667 g/mol. The topological polar surface area (TPSA) is 49.0 Å². The monoisotopic (exact) mass is 667 g/mol. The maximum atomic E-state index is 6.79. The average Bonchev–Trinajstić information content (AvgIpc) is 3.16. The Bertz CT molecular complexity index is 2750. The van der Waals surface area contributed by atoms with Crippen LogP contribution in [-0.4, -0.2) is 20.1 Å². The van der Waals surface area contributed by atoms with Crippen molar-refractivity contribution >= 4 is 80.7 Å². The summed E-state index contributed by atoms with van der Waals surface area (Å²) in [6.45, 7) is 4.36. The molecule has 0 aliphatic carbocycles. The molecule has 0 saturated carbocycles. The zero-order chi connectivity index (χ0) is 34.2. The van der Waals surface area contributed by atoms with E-state index in [1.807, 2.05) is 24.3 Å². The van der Waals surface area contributed by atoms with Gasteiger partial charge in [-0.25, -0.2) is 0 Å². The predicted octanol–water partition coefficient (Wildman–Crippen LogP) is 4.33. The number of anilines is 2. The Morgan fingerprint density at radius 3 is 1.54 bits per heavy atom. The summed E-state index contributed by atoms with van der Waals surface area (Å²) in [7, 11) is 0. The molecule has 52 heavy (non-hydrogen) atoms. The fraction of sp³-hybridized carbons (Fsp3) is 0.0455. The molecule has 5 aliphatic heterocycles. The van der Waals surface area contributed by atoms with Crippen LogP contribution in [0.1, 0.15) is 11.1 Å². The molecule has 8 heteroatoms. The SMILES string of the molecule is Cc1cc2c(cc1B1c3ccccc3Oc3cccc(C)c31)B1c3cc4c(cc3Oc3cccc(c31)N2)Oc1cccc2c1B4c1ccccc1O2. The number of ether oxygens (including phenoxy) is 4. The molecule has 0 fully saturated rings. The van der Waals surface area contributed by atoms with E-state index in [2.05, 4.69) is 122 Å². The summed E-state index contributed by atoms with van der Waals surface area (Å²) in [6.07, 6.45) is 0. The third kappa shape index (κ3) is 3.76. The van der Waals surface area contributed by atoms with Crippen LogP contribution in [0.5, 0.6) is 46.0 Å². The highest BCUT2D eigenvalue weighted by molar-refractivity contribution is 7.02. The minimum atomic E-state index is -0.0611. The number of nitrogens with one attached hydrogen (secondary N) is 1. The Kier molecular flexibility index (Phi) is 5.56. The third-order valence-electron chi connectivity index (χ3n) is 11.7. The highest BCUT2D eigenvalue weighted by Crippen LogP contribution is 2.38. The fourth-order valence-corrected chi connectivity index (χ4v) is 9.44. The Balaban J connectivity index is 1.10. The van der Waals surface area contributed by atoms with E-state index in [4.69, 9.17) is 18.9 Å². The van der Waals surface area contributed by atoms with Crippen LogP contribution in [0.2, 0.25) is 0 Å². The first-order chi connectivity index (χ1) is 25.6. The normalized spacial score (nSPS) is 14.2. The van der Waals surface area contributed by atoms with Gasteiger partial charge < -0.3 is 24.3 Å². The second kappa shape index (κ2) is 10.2. The molecule has 5 nitrogen and oxygen atoms in total. The lowest BCUT2D eigenvalue weighted by Crippen LogP contribution is -2.63. The Hall–Kier alpha value is -6.27. The standard InChI is InChI=1S/C44H28B3NO4/c1-24-10-7-16-36-42(24)45(26-11-3-5-14-34(26)49-36)28-21-29-33(20-25(28)2)48-32-13-8-17-37-43(32)47(29)31-22-30-40(23-41(31)51-37)52-39-19-9-18-38-44(39)46(30)27-12-4-6-15-35(27)50-38/h3-23,48H,1-2H3. The summed E-state index contributed by atoms with van der Waals surface area (Å²) >= 11 is 0. The third-order valence-corrected chi connectivity index (χ3v) is 11.7. The van der Waals surface area contributed by atoms with Gasteiger partial charge in [-0.15, -0.1) is 0 Å². The number of rotatable bonds is 1. The number of hydrogen-bond acceptors (Lipinski definition) is 5. The quantitative estimate of drug-likeness (QED) is 0.265. The number of benzene rings is 7. The van der Waals surface area contributed by atoms with Crippen LogP contribution in [0.3, 0.4) is 0 Å². The Morgan fingerprint density at radius 1 is 0.346 bits per heavy atom. The minimum Gasteiger partial charge on any atom is -0.458 e. The molecule has 242 valence electrons. The molecule has 0 aromatic heterocycles. The molecule has 1 N–H and O–H groups in total. The van der Waals surface area contributed by atoms with E-state index in [1.54, 1.807) is 0 Å². The van der Waals surface area contributed by atoms with Crippen LogP contribution in [0, 0.1) is 13.8 Å². The Morgan fingerprint density at radius 2 is 0.846 bits per heavy atom. The molecule has 12 rings (SSSR count). The second-order valence-corrected chi connectivity index (χ2v) is 14.5. The predicted molar refractivity (Wildman–Crippen MR) is 212 cm³/mol. The van der Waals surface area contributed by atoms with Gasteiger partial charge in [-0.2, -0.15) is 0 Å². The molecule has 0 spiro atoms. The van der Waals surface area contributed by atoms with Crippen molar-refractivity contribution in [2.45, 2.75) is 13.8 Å². The molecule has 0 saturated heterocycles. The summed E-state index contributed by atoms with van der Waals surface area (Å²) in [6, 6.07) is 44.9. The van der Waals surface area contributed by atoms with Gasteiger partial charge in [0.15, 0.2) is 0 Å². The molecule has 0 radical (unpaired) electrons. The summed E-state index contributed by atoms with van der Waals surface area (Å²) in [5.74, 6) is 6.87. The van der Waals surface area contributed by atoms with Gasteiger partial charge >= 0.3 is 0 Å². The van der Waals surface area contributed by atoms with E-state index in [1.165, 1.54) is 33.0 Å². The lowest BCUT2D eigenvalue weighted by molar-refractivity contribution is 0.456. The van der Waals surface area contributed by atoms with Gasteiger partial charge in [-0.1, -0.05) is 89.4 Å². The highest BCUT2D eigenvalue weighted by Gasteiger charge is 2.45. The van der Waals surface area contributed by atoms with Crippen molar-refractivity contribution in [3.8, 4) is 46.0 Å². The summed E-state index contributed by atoms with van der Waals surface area (Å²) in [5.41, 5.74) is 15.2. The van der Waals surface area contributed by atoms with E-state index >= 15 is 0 Å². The van der Waals surface area contributed by atoms with Crippen molar-refractivity contribution in [2.24, 2.45) is 0 Å². The molecule has 7 aromatic rings. The van der Waals surface area contributed by atoms with Crippen LogP contribution < -0.4 is 73.4 Å². The molecular weight excluding hydrogens is 639 g/mol. The number of hydrogen-bond donors (Lipinski definition) is 1. The van der Waals surface area contributed by atoms with E-state index < -0.39 is 0 Å². The summed E-state index contributed by atoms with van der Waals surface area (Å²) in [4.78, 5) is 0. The van der Waals surface area contributed by atoms with Crippen LogP contribution >= 0.6 is 0 Å². The maximum Gasteiger partial charge on any atom is 0.260 e. The van der Waals surface area contributed by atoms with Crippen molar-refractivity contribution in [1.82, 2.24) is 0 Å². The molecule has 0 bridgehead atoms. The van der Waals surface area contributed by atoms with Gasteiger partial charge in [0.05, 0.1) is 0 Å². The first-order valence-corrected chi connectivity index (χ1v) is 17.9. The summed E-state index contributed by atoms with van der Waals surface area (Å²) < 4.78 is 26.4. The van der Waals surface area contributed by atoms with Crippen LogP contribution in [0.25, 0.3) is 0 Å². The molecule has 7 aromatic carbocycles. The Labute approximate surface area is 302 Å². The van der Waals surface area contributed by atoms with Crippen molar-refractivity contribution in [3.05, 3.63) is 139 Å². The molecular formula is C44H28B3NO4. The molecule has 0 unspecified atom stereocenters. The van der Waals surface area contributed by atoms with Crippen molar-refractivity contribution in [1.29, 1.82) is 0 Å². The van der Waals surface area contributed by atoms with E-state index in [0.29, 0.717) is 0 Å². The lowest BCUT2D eigenvalue weighted by Gasteiger charge is -2.37. The minimum absolute atomic E-state index is 0.0213. The van der Waals surface area contributed by atoms with Gasteiger partial charge in [-0.05, 0) is 101 Å². The van der Waals surface area contributed by atoms with Crippen molar-refractivity contribution in [2.75, 3.05) is 5.32 Å². The van der Waals surface area contributed by atoms with Gasteiger partial charge in [0.25, 0.3) is 20.1 Å². The van der Waals surface area contributed by atoms with E-state index in [0.717, 1.165) is 84.7 Å². The molecule has 5 aliphatic rings. The highest BCUT2D eigenvalue weighted by atomic mass is 16.5. The first-order valence-electron chi connectivity index (χ1n) is 17.9. The van der Waals surface area contributed by atoms with Gasteiger partial charge in [-0.3, -0.25) is 0 Å². The van der Waals surface area contributed by atoms with E-state index in [9.17, 15) is 0 Å². The number of fused-ring (bicyclic) bond motifs is 10. The molecule has 5 heterocycles. The smallest absolute Gasteiger partial charge is 0.260 e. The second-order valence-electron chi connectivity index (χ2n) is 14.5. The van der Waals surface area contributed by atoms with Crippen LogP contribution in [-0.2, 0) is 0 Å². The van der Waals surface area contributed by atoms with Crippen LogP contribution in [0.15, 0.2) is 127 Å². The van der Waals surface area contributed by atoms with Gasteiger partial charge in [0.1, 0.15) is 46.0 Å². The first kappa shape index (κ1) is 28.4. The number of para-hydroxylation sites is 2. The summed E-state index contributed by atoms with van der Waals surface area (Å²) in [5, 5.41) is 3.81. The lowest BCUT2D eigenvalue weighted by atomic mass is 9.30. The van der Waals surface area contributed by atoms with Crippen molar-refractivity contribution < 1.29 is 18.9 Å². The molecule has 0 amide bonds. The van der Waals surface area contributed by atoms with Gasteiger partial charge in [0.2, 0.25) is 0 Å². The fourth-order valence-electron chi connectivity index (χ4n) is 9.44. The largest absolute Gasteiger partial charge is 0.458 e. The van der Waals surface area contributed by atoms with Gasteiger partial charge in [0, 0.05) is 22.9 Å². The van der Waals surface area contributed by atoms with Crippen molar-refractivity contribution in [3.63, 3.8) is 0 Å². The zero-order valence-electron chi connectivity index (χ0n) is 28.5. The molecule has 0 atom stereocenters. The zero-order valence-corrected chi connectivity index (χ0v) is 28.5.